The molecule has 0 bridgehead atoms. The van der Waals surface area contributed by atoms with Crippen LogP contribution in [0.1, 0.15) is 69.8 Å². The highest BCUT2D eigenvalue weighted by molar-refractivity contribution is 6.33. The molecule has 3 atom stereocenters. The Bertz CT molecular complexity index is 1450. The van der Waals surface area contributed by atoms with E-state index in [0.717, 1.165) is 77.3 Å². The number of aromatic nitrogens is 2. The molecule has 252 valence electrons. The second kappa shape index (κ2) is 14.2. The molecule has 2 aromatic rings. The first-order valence-corrected chi connectivity index (χ1v) is 17.3. The van der Waals surface area contributed by atoms with Crippen molar-refractivity contribution in [1.29, 1.82) is 0 Å². The molecular formula is C35H46ClN7O4. The van der Waals surface area contributed by atoms with Crippen LogP contribution in [0.2, 0.25) is 5.02 Å². The molecule has 1 N–H and O–H groups in total. The lowest BCUT2D eigenvalue weighted by atomic mass is 9.93. The van der Waals surface area contributed by atoms with Crippen molar-refractivity contribution < 1.29 is 19.1 Å². The molecule has 0 spiro atoms. The molecule has 6 rings (SSSR count). The van der Waals surface area contributed by atoms with E-state index in [4.69, 9.17) is 27.6 Å². The summed E-state index contributed by atoms with van der Waals surface area (Å²) in [7, 11) is 0. The Morgan fingerprint density at radius 2 is 1.70 bits per heavy atom. The largest absolute Gasteiger partial charge is 0.490 e. The van der Waals surface area contributed by atoms with Gasteiger partial charge in [0, 0.05) is 51.9 Å². The molecule has 0 radical (unpaired) electrons. The number of nitrogens with one attached hydrogen (secondary N) is 1. The molecule has 11 nitrogen and oxygen atoms in total. The minimum absolute atomic E-state index is 0.0483. The van der Waals surface area contributed by atoms with Gasteiger partial charge in [0.15, 0.2) is 11.5 Å². The van der Waals surface area contributed by atoms with E-state index in [-0.39, 0.29) is 24.1 Å². The van der Waals surface area contributed by atoms with Crippen molar-refractivity contribution in [2.45, 2.75) is 77.0 Å². The van der Waals surface area contributed by atoms with E-state index < -0.39 is 5.60 Å². The van der Waals surface area contributed by atoms with Gasteiger partial charge in [0.05, 0.1) is 17.7 Å². The Labute approximate surface area is 282 Å². The molecule has 3 heterocycles. The molecule has 2 aliphatic heterocycles. The van der Waals surface area contributed by atoms with Gasteiger partial charge in [0.25, 0.3) is 5.91 Å². The van der Waals surface area contributed by atoms with Crippen molar-refractivity contribution in [3.8, 4) is 5.75 Å². The number of nitrogens with zero attached hydrogens (tertiary/aromatic N) is 6. The zero-order valence-electron chi connectivity index (χ0n) is 27.7. The fraction of sp³-hybridized carbons (Fsp3) is 0.629. The van der Waals surface area contributed by atoms with Crippen LogP contribution in [-0.4, -0.2) is 95.6 Å². The number of piperazine rings is 1. The highest BCUT2D eigenvalue weighted by Gasteiger charge is 2.43. The Balaban J connectivity index is 0.890. The molecule has 2 aliphatic carbocycles. The highest BCUT2D eigenvalue weighted by Crippen LogP contribution is 2.42. The Kier molecular flexibility index (Phi) is 10.1. The summed E-state index contributed by atoms with van der Waals surface area (Å²) in [6.45, 7) is 19.4. The fourth-order valence-corrected chi connectivity index (χ4v) is 7.83. The van der Waals surface area contributed by atoms with Crippen LogP contribution in [0.4, 0.5) is 16.3 Å². The topological polar surface area (TPSA) is 104 Å². The number of halogens is 1. The number of benzene rings is 1. The monoisotopic (exact) mass is 663 g/mol. The van der Waals surface area contributed by atoms with Crippen LogP contribution in [0.15, 0.2) is 30.3 Å². The number of carbonyl (C=O) groups is 2. The van der Waals surface area contributed by atoms with Crippen LogP contribution in [0.5, 0.6) is 5.75 Å². The molecular weight excluding hydrogens is 618 g/mol. The van der Waals surface area contributed by atoms with Gasteiger partial charge < -0.3 is 24.6 Å². The minimum Gasteiger partial charge on any atom is -0.490 e. The number of amides is 2. The fourth-order valence-electron chi connectivity index (χ4n) is 7.62. The summed E-state index contributed by atoms with van der Waals surface area (Å²) in [5.74, 6) is 3.13. The quantitative estimate of drug-likeness (QED) is 0.370. The van der Waals surface area contributed by atoms with E-state index in [0.29, 0.717) is 39.9 Å². The maximum absolute atomic E-state index is 12.9. The summed E-state index contributed by atoms with van der Waals surface area (Å²) in [4.78, 5) is 35.5. The van der Waals surface area contributed by atoms with Gasteiger partial charge in [-0.3, -0.25) is 9.69 Å². The van der Waals surface area contributed by atoms with Crippen molar-refractivity contribution in [2.24, 2.45) is 17.8 Å². The van der Waals surface area contributed by atoms with E-state index in [1.165, 1.54) is 12.8 Å². The third-order valence-corrected chi connectivity index (χ3v) is 10.3. The van der Waals surface area contributed by atoms with Gasteiger partial charge in [-0.2, -0.15) is 0 Å². The van der Waals surface area contributed by atoms with Crippen molar-refractivity contribution >= 4 is 35.1 Å². The van der Waals surface area contributed by atoms with Gasteiger partial charge in [-0.1, -0.05) is 17.7 Å². The lowest BCUT2D eigenvalue weighted by Gasteiger charge is -2.36. The normalized spacial score (nSPS) is 26.4. The predicted octanol–water partition coefficient (Wildman–Crippen LogP) is 5.82. The zero-order valence-corrected chi connectivity index (χ0v) is 28.4. The maximum Gasteiger partial charge on any atom is 0.410 e. The van der Waals surface area contributed by atoms with Crippen molar-refractivity contribution in [3.05, 3.63) is 52.5 Å². The van der Waals surface area contributed by atoms with E-state index in [1.54, 1.807) is 24.3 Å². The molecule has 2 amide bonds. The predicted molar refractivity (Wildman–Crippen MR) is 180 cm³/mol. The number of ether oxygens (including phenoxy) is 2. The van der Waals surface area contributed by atoms with Gasteiger partial charge in [-0.25, -0.2) is 9.64 Å². The number of fused-ring (bicyclic) bond motifs is 1. The number of rotatable bonds is 7. The average molecular weight is 664 g/mol. The third-order valence-electron chi connectivity index (χ3n) is 9.95. The maximum atomic E-state index is 12.9. The third kappa shape index (κ3) is 8.46. The summed E-state index contributed by atoms with van der Waals surface area (Å²) < 4.78 is 11.7. The van der Waals surface area contributed by atoms with Crippen LogP contribution in [0, 0.1) is 24.3 Å². The summed E-state index contributed by atoms with van der Waals surface area (Å²) >= 11 is 6.14. The van der Waals surface area contributed by atoms with Crippen molar-refractivity contribution in [2.75, 3.05) is 50.7 Å². The summed E-state index contributed by atoms with van der Waals surface area (Å²) in [6, 6.07) is 8.88. The van der Waals surface area contributed by atoms with Crippen LogP contribution < -0.4 is 15.0 Å². The first-order valence-electron chi connectivity index (χ1n) is 17.0. The van der Waals surface area contributed by atoms with Crippen LogP contribution in [0.3, 0.4) is 0 Å². The van der Waals surface area contributed by atoms with Gasteiger partial charge in [-0.15, -0.1) is 10.2 Å². The second-order valence-corrected chi connectivity index (χ2v) is 15.0. The Morgan fingerprint density at radius 1 is 1.00 bits per heavy atom. The van der Waals surface area contributed by atoms with E-state index >= 15 is 0 Å². The number of hydrogen-bond acceptors (Lipinski definition) is 8. The number of carbonyl (C=O) groups excluding carboxylic acids is 2. The highest BCUT2D eigenvalue weighted by atomic mass is 35.5. The van der Waals surface area contributed by atoms with Crippen molar-refractivity contribution in [3.63, 3.8) is 0 Å². The molecule has 4 aliphatic rings. The SMILES string of the molecule is [C-]#[N+]c1ccc(OC2CCC(NC(=O)c3ccc(N4CCN(CC5C[C@@H]6CN(C(=O)OC(C)(C)C)C[C@@H]6C5)CC4)nn3)CC2)cc1Cl. The van der Waals surface area contributed by atoms with Gasteiger partial charge in [-0.05, 0) is 101 Å². The lowest BCUT2D eigenvalue weighted by molar-refractivity contribution is 0.0276. The molecule has 2 saturated heterocycles. The Hall–Kier alpha value is -3.62. The lowest BCUT2D eigenvalue weighted by Crippen LogP contribution is -2.48. The number of hydrogen-bond donors (Lipinski definition) is 1. The number of anilines is 1. The molecule has 4 fully saturated rings. The van der Waals surface area contributed by atoms with Gasteiger partial charge in [0.1, 0.15) is 11.4 Å². The summed E-state index contributed by atoms with van der Waals surface area (Å²) in [6.07, 6.45) is 5.50. The summed E-state index contributed by atoms with van der Waals surface area (Å²) in [5.41, 5.74) is 0.293. The van der Waals surface area contributed by atoms with Gasteiger partial charge >= 0.3 is 6.09 Å². The van der Waals surface area contributed by atoms with Crippen molar-refractivity contribution in [1.82, 2.24) is 25.3 Å². The zero-order chi connectivity index (χ0) is 33.1. The smallest absolute Gasteiger partial charge is 0.410 e. The number of likely N-dealkylation sites (tertiary alicyclic amines) is 1. The summed E-state index contributed by atoms with van der Waals surface area (Å²) in [5, 5.41) is 12.2. The molecule has 1 unspecified atom stereocenters. The first-order chi connectivity index (χ1) is 22.5. The van der Waals surface area contributed by atoms with Gasteiger partial charge in [0.2, 0.25) is 5.69 Å². The molecule has 2 saturated carbocycles. The molecule has 1 aromatic carbocycles. The Morgan fingerprint density at radius 3 is 2.30 bits per heavy atom. The second-order valence-electron chi connectivity index (χ2n) is 14.6. The van der Waals surface area contributed by atoms with E-state index in [2.05, 4.69) is 30.2 Å². The standard InChI is InChI=1S/C35H46ClN7O4/c1-35(2,3)47-34(45)43-21-24-17-23(18-25(24)22-43)20-41-13-15-42(16-14-41)32-12-11-31(39-40-32)33(44)38-26-5-7-27(8-6-26)46-28-9-10-30(37-4)29(36)19-28/h9-12,19,23-27H,5-8,13-18,20-22H2,1-3H3,(H,38,44)/t23?,24-,25+,26?,27?. The van der Waals surface area contributed by atoms with Crippen LogP contribution in [0.25, 0.3) is 4.85 Å². The first kappa shape index (κ1) is 33.3. The average Bonchev–Trinajstić information content (AvgIpc) is 3.61. The molecule has 12 heteroatoms. The van der Waals surface area contributed by atoms with Crippen LogP contribution in [-0.2, 0) is 4.74 Å². The van der Waals surface area contributed by atoms with E-state index in [9.17, 15) is 9.59 Å². The molecule has 1 aromatic heterocycles. The minimum atomic E-state index is -0.453. The molecule has 47 heavy (non-hydrogen) atoms. The van der Waals surface area contributed by atoms with Crippen LogP contribution >= 0.6 is 11.6 Å². The van der Waals surface area contributed by atoms with E-state index in [1.807, 2.05) is 31.7 Å².